The summed E-state index contributed by atoms with van der Waals surface area (Å²) in [5.41, 5.74) is 0. The molecule has 150 valence electrons. The zero-order chi connectivity index (χ0) is 19.5. The number of amides is 3. The summed E-state index contributed by atoms with van der Waals surface area (Å²) in [6.45, 7) is 5.56. The summed E-state index contributed by atoms with van der Waals surface area (Å²) >= 11 is 1.30. The number of carbonyl (C=O) groups is 2. The van der Waals surface area contributed by atoms with Crippen molar-refractivity contribution in [1.29, 1.82) is 0 Å². The second-order valence-corrected chi connectivity index (χ2v) is 8.13. The molecule has 1 N–H and O–H groups in total. The van der Waals surface area contributed by atoms with Crippen molar-refractivity contribution in [2.75, 3.05) is 36.8 Å². The van der Waals surface area contributed by atoms with Crippen LogP contribution in [0.5, 0.6) is 0 Å². The maximum Gasteiger partial charge on any atom is 0.324 e. The number of hydrogen-bond donors (Lipinski definition) is 1. The SMILES string of the molecule is CC1CCN(c2nnc(SCC(=O)N3CCNC3=O)n2Cc2ccco2)CC1. The first-order valence-corrected chi connectivity index (χ1v) is 10.5. The number of nitrogens with zero attached hydrogens (tertiary/aromatic N) is 5. The molecule has 0 aliphatic carbocycles. The summed E-state index contributed by atoms with van der Waals surface area (Å²) in [6.07, 6.45) is 3.89. The van der Waals surface area contributed by atoms with Gasteiger partial charge >= 0.3 is 6.03 Å². The highest BCUT2D eigenvalue weighted by molar-refractivity contribution is 7.99. The Morgan fingerprint density at radius 1 is 1.32 bits per heavy atom. The predicted molar refractivity (Wildman–Crippen MR) is 104 cm³/mol. The Morgan fingerprint density at radius 2 is 2.14 bits per heavy atom. The molecule has 4 heterocycles. The number of urea groups is 1. The fraction of sp³-hybridized carbons (Fsp3) is 0.556. The molecule has 2 aromatic heterocycles. The Labute approximate surface area is 167 Å². The molecule has 9 nitrogen and oxygen atoms in total. The molecule has 2 fully saturated rings. The van der Waals surface area contributed by atoms with Gasteiger partial charge in [0.05, 0.1) is 18.6 Å². The molecule has 2 aromatic rings. The van der Waals surface area contributed by atoms with Gasteiger partial charge in [-0.15, -0.1) is 10.2 Å². The van der Waals surface area contributed by atoms with Gasteiger partial charge in [-0.05, 0) is 30.9 Å². The van der Waals surface area contributed by atoms with Crippen molar-refractivity contribution in [2.24, 2.45) is 5.92 Å². The average molecular weight is 404 g/mol. The monoisotopic (exact) mass is 404 g/mol. The van der Waals surface area contributed by atoms with E-state index in [2.05, 4.69) is 27.3 Å². The van der Waals surface area contributed by atoms with Crippen molar-refractivity contribution in [3.63, 3.8) is 0 Å². The van der Waals surface area contributed by atoms with Crippen LogP contribution in [0.15, 0.2) is 28.0 Å². The van der Waals surface area contributed by atoms with Gasteiger partial charge in [-0.3, -0.25) is 14.3 Å². The van der Waals surface area contributed by atoms with Crippen LogP contribution in [0.2, 0.25) is 0 Å². The Kier molecular flexibility index (Phi) is 5.56. The molecule has 0 atom stereocenters. The topological polar surface area (TPSA) is 96.5 Å². The molecule has 0 spiro atoms. The lowest BCUT2D eigenvalue weighted by molar-refractivity contribution is -0.124. The number of piperidine rings is 1. The number of aromatic nitrogens is 3. The highest BCUT2D eigenvalue weighted by Gasteiger charge is 2.28. The van der Waals surface area contributed by atoms with Gasteiger partial charge in [-0.25, -0.2) is 4.79 Å². The van der Waals surface area contributed by atoms with Crippen LogP contribution >= 0.6 is 11.8 Å². The van der Waals surface area contributed by atoms with Gasteiger partial charge in [0.2, 0.25) is 11.9 Å². The van der Waals surface area contributed by atoms with Gasteiger partial charge in [0, 0.05) is 26.2 Å². The van der Waals surface area contributed by atoms with Crippen LogP contribution in [0.3, 0.4) is 0 Å². The molecule has 2 saturated heterocycles. The molecule has 4 rings (SSSR count). The number of hydrogen-bond acceptors (Lipinski definition) is 7. The summed E-state index contributed by atoms with van der Waals surface area (Å²) in [6, 6.07) is 3.44. The molecule has 28 heavy (non-hydrogen) atoms. The van der Waals surface area contributed by atoms with E-state index in [0.29, 0.717) is 24.8 Å². The minimum atomic E-state index is -0.328. The molecular formula is C18H24N6O3S. The summed E-state index contributed by atoms with van der Waals surface area (Å²) in [4.78, 5) is 27.5. The largest absolute Gasteiger partial charge is 0.467 e. The smallest absolute Gasteiger partial charge is 0.324 e. The van der Waals surface area contributed by atoms with Gasteiger partial charge in [0.25, 0.3) is 0 Å². The van der Waals surface area contributed by atoms with Gasteiger partial charge in [0.15, 0.2) is 5.16 Å². The molecular weight excluding hydrogens is 380 g/mol. The van der Waals surface area contributed by atoms with Crippen molar-refractivity contribution in [3.05, 3.63) is 24.2 Å². The summed E-state index contributed by atoms with van der Waals surface area (Å²) in [7, 11) is 0. The van der Waals surface area contributed by atoms with E-state index in [4.69, 9.17) is 4.42 Å². The van der Waals surface area contributed by atoms with Gasteiger partial charge in [0.1, 0.15) is 5.76 Å². The maximum absolute atomic E-state index is 12.4. The van der Waals surface area contributed by atoms with Gasteiger partial charge in [-0.1, -0.05) is 18.7 Å². The highest BCUT2D eigenvalue weighted by atomic mass is 32.2. The standard InChI is InChI=1S/C18H24N6O3S/c1-13-4-7-22(8-5-13)16-20-21-18(24(16)11-14-3-2-10-27-14)28-12-15(25)23-9-6-19-17(23)26/h2-3,10,13H,4-9,11-12H2,1H3,(H,19,26). The molecule has 0 unspecified atom stereocenters. The third kappa shape index (κ3) is 4.01. The van der Waals surface area contributed by atoms with E-state index in [-0.39, 0.29) is 17.7 Å². The van der Waals surface area contributed by atoms with Crippen molar-refractivity contribution in [2.45, 2.75) is 31.5 Å². The molecule has 0 saturated carbocycles. The first-order chi connectivity index (χ1) is 13.6. The predicted octanol–water partition coefficient (Wildman–Crippen LogP) is 1.80. The number of rotatable bonds is 6. The number of nitrogens with one attached hydrogen (secondary N) is 1. The van der Waals surface area contributed by atoms with Crippen molar-refractivity contribution >= 4 is 29.6 Å². The van der Waals surface area contributed by atoms with Crippen LogP contribution in [-0.4, -0.2) is 63.5 Å². The third-order valence-electron chi connectivity index (χ3n) is 5.14. The molecule has 0 radical (unpaired) electrons. The van der Waals surface area contributed by atoms with Crippen molar-refractivity contribution in [3.8, 4) is 0 Å². The number of imide groups is 1. The van der Waals surface area contributed by atoms with E-state index in [1.807, 2.05) is 16.7 Å². The van der Waals surface area contributed by atoms with Crippen molar-refractivity contribution in [1.82, 2.24) is 25.0 Å². The van der Waals surface area contributed by atoms with E-state index >= 15 is 0 Å². The Bertz CT molecular complexity index is 828. The van der Waals surface area contributed by atoms with Gasteiger partial charge in [-0.2, -0.15) is 0 Å². The normalized spacial score (nSPS) is 18.0. The van der Waals surface area contributed by atoms with E-state index in [9.17, 15) is 9.59 Å². The van der Waals surface area contributed by atoms with Crippen LogP contribution in [0, 0.1) is 5.92 Å². The van der Waals surface area contributed by atoms with Gasteiger partial charge < -0.3 is 14.6 Å². The Morgan fingerprint density at radius 3 is 2.82 bits per heavy atom. The van der Waals surface area contributed by atoms with Crippen LogP contribution in [0.25, 0.3) is 0 Å². The molecule has 3 amide bonds. The second kappa shape index (κ2) is 8.26. The fourth-order valence-corrected chi connectivity index (χ4v) is 4.25. The quantitative estimate of drug-likeness (QED) is 0.733. The molecule has 10 heteroatoms. The van der Waals surface area contributed by atoms with E-state index < -0.39 is 0 Å². The van der Waals surface area contributed by atoms with Crippen LogP contribution in [0.4, 0.5) is 10.7 Å². The van der Waals surface area contributed by atoms with Crippen LogP contribution < -0.4 is 10.2 Å². The Hall–Kier alpha value is -2.49. The lowest BCUT2D eigenvalue weighted by atomic mass is 10.00. The lowest BCUT2D eigenvalue weighted by Gasteiger charge is -2.31. The number of anilines is 1. The first kappa shape index (κ1) is 18.9. The zero-order valence-electron chi connectivity index (χ0n) is 15.8. The van der Waals surface area contributed by atoms with E-state index in [1.165, 1.54) is 16.7 Å². The molecule has 0 aromatic carbocycles. The first-order valence-electron chi connectivity index (χ1n) is 9.53. The summed E-state index contributed by atoms with van der Waals surface area (Å²) in [5.74, 6) is 2.24. The van der Waals surface area contributed by atoms with Crippen LogP contribution in [0.1, 0.15) is 25.5 Å². The maximum atomic E-state index is 12.4. The summed E-state index contributed by atoms with van der Waals surface area (Å²) in [5, 5.41) is 12.0. The number of carbonyl (C=O) groups excluding carboxylic acids is 2. The zero-order valence-corrected chi connectivity index (χ0v) is 16.7. The molecule has 0 bridgehead atoms. The van der Waals surface area contributed by atoms with E-state index in [1.54, 1.807) is 6.26 Å². The third-order valence-corrected chi connectivity index (χ3v) is 6.09. The second-order valence-electron chi connectivity index (χ2n) is 7.18. The Balaban J connectivity index is 1.51. The minimum absolute atomic E-state index is 0.140. The van der Waals surface area contributed by atoms with E-state index in [0.717, 1.165) is 43.6 Å². The molecule has 2 aliphatic heterocycles. The number of thioether (sulfide) groups is 1. The fourth-order valence-electron chi connectivity index (χ4n) is 3.44. The molecule has 2 aliphatic rings. The van der Waals surface area contributed by atoms with Crippen LogP contribution in [-0.2, 0) is 11.3 Å². The number of furan rings is 1. The average Bonchev–Trinajstić information content (AvgIpc) is 3.43. The highest BCUT2D eigenvalue weighted by Crippen LogP contribution is 2.27. The summed E-state index contributed by atoms with van der Waals surface area (Å²) < 4.78 is 7.51. The van der Waals surface area contributed by atoms with Crippen molar-refractivity contribution < 1.29 is 14.0 Å². The minimum Gasteiger partial charge on any atom is -0.467 e. The lowest BCUT2D eigenvalue weighted by Crippen LogP contribution is -2.35.